The van der Waals surface area contributed by atoms with Crippen LogP contribution in [0.25, 0.3) is 10.1 Å². The van der Waals surface area contributed by atoms with E-state index in [-0.39, 0.29) is 21.2 Å². The van der Waals surface area contributed by atoms with Crippen molar-refractivity contribution in [3.8, 4) is 0 Å². The molecule has 4 nitrogen and oxygen atoms in total. The van der Waals surface area contributed by atoms with E-state index in [0.29, 0.717) is 11.1 Å². The highest BCUT2D eigenvalue weighted by molar-refractivity contribution is 6.65. The van der Waals surface area contributed by atoms with Gasteiger partial charge in [0.15, 0.2) is 0 Å². The van der Waals surface area contributed by atoms with Gasteiger partial charge in [0, 0.05) is 11.1 Å². The molecule has 0 unspecified atom stereocenters. The predicted molar refractivity (Wildman–Crippen MR) is 94.1 cm³/mol. The lowest BCUT2D eigenvalue weighted by molar-refractivity contribution is 0.0591. The fourth-order valence-corrected chi connectivity index (χ4v) is 2.69. The van der Waals surface area contributed by atoms with Gasteiger partial charge in [-0.05, 0) is 12.1 Å². The quantitative estimate of drug-likeness (QED) is 0.589. The van der Waals surface area contributed by atoms with E-state index < -0.39 is 11.9 Å². The summed E-state index contributed by atoms with van der Waals surface area (Å²) in [7, 11) is 2.57. The topological polar surface area (TPSA) is 52.6 Å². The molecule has 2 aromatic carbocycles. The molecule has 6 heteroatoms. The van der Waals surface area contributed by atoms with Crippen molar-refractivity contribution < 1.29 is 19.1 Å². The van der Waals surface area contributed by atoms with Gasteiger partial charge in [-0.2, -0.15) is 0 Å². The summed E-state index contributed by atoms with van der Waals surface area (Å²) in [5.41, 5.74) is 1.38. The first-order valence-corrected chi connectivity index (χ1v) is 7.67. The Hall–Kier alpha value is -2.30. The van der Waals surface area contributed by atoms with E-state index in [4.69, 9.17) is 32.7 Å². The van der Waals surface area contributed by atoms with E-state index in [1.165, 1.54) is 14.2 Å². The van der Waals surface area contributed by atoms with Gasteiger partial charge in [-0.15, -0.1) is 0 Å². The third kappa shape index (κ3) is 3.61. The third-order valence-corrected chi connectivity index (χ3v) is 4.21. The Morgan fingerprint density at radius 1 is 0.667 bits per heavy atom. The number of benzene rings is 2. The van der Waals surface area contributed by atoms with Crippen molar-refractivity contribution in [2.24, 2.45) is 0 Å². The van der Waals surface area contributed by atoms with Gasteiger partial charge >= 0.3 is 11.9 Å². The summed E-state index contributed by atoms with van der Waals surface area (Å²) in [6.45, 7) is 0. The van der Waals surface area contributed by atoms with Crippen LogP contribution in [0.5, 0.6) is 0 Å². The maximum atomic E-state index is 11.9. The Morgan fingerprint density at radius 2 is 0.958 bits per heavy atom. The number of ether oxygens (including phenoxy) is 2. The van der Waals surface area contributed by atoms with Crippen molar-refractivity contribution >= 4 is 45.2 Å². The Morgan fingerprint density at radius 3 is 1.25 bits per heavy atom. The van der Waals surface area contributed by atoms with Crippen LogP contribution < -0.4 is 0 Å². The largest absolute Gasteiger partial charge is 0.465 e. The Balaban J connectivity index is 2.62. The van der Waals surface area contributed by atoms with Gasteiger partial charge in [0.05, 0.1) is 35.4 Å². The van der Waals surface area contributed by atoms with Crippen LogP contribution >= 0.6 is 23.2 Å². The summed E-state index contributed by atoms with van der Waals surface area (Å²) in [5.74, 6) is -1.07. The Kier molecular flexibility index (Phi) is 6.01. The zero-order valence-corrected chi connectivity index (χ0v) is 14.5. The molecule has 0 atom stereocenters. The molecule has 2 rings (SSSR count). The second-order valence-corrected chi connectivity index (χ2v) is 5.46. The lowest BCUT2D eigenvalue weighted by atomic mass is 10.0. The second kappa shape index (κ2) is 7.99. The molecule has 124 valence electrons. The Labute approximate surface area is 149 Å². The monoisotopic (exact) mass is 364 g/mol. The number of hydrogen-bond donors (Lipinski definition) is 0. The Bertz CT molecular complexity index is 745. The molecule has 0 amide bonds. The minimum absolute atomic E-state index is 0.133. The SMILES string of the molecule is COC(=O)c1ccccc1/C(Cl)=C(/Cl)c1ccccc1C(=O)OC. The van der Waals surface area contributed by atoms with Crippen molar-refractivity contribution in [3.05, 3.63) is 70.8 Å². The van der Waals surface area contributed by atoms with Gasteiger partial charge in [0.2, 0.25) is 0 Å². The molecule has 0 heterocycles. The third-order valence-electron chi connectivity index (χ3n) is 3.33. The van der Waals surface area contributed by atoms with Crippen molar-refractivity contribution in [2.75, 3.05) is 14.2 Å². The molecular weight excluding hydrogens is 351 g/mol. The van der Waals surface area contributed by atoms with Crippen LogP contribution in [0.15, 0.2) is 48.5 Å². The average molecular weight is 365 g/mol. The van der Waals surface area contributed by atoms with Gasteiger partial charge in [0.25, 0.3) is 0 Å². The standard InChI is InChI=1S/C18H14Cl2O4/c1-23-17(21)13-9-5-3-7-11(13)15(19)16(20)12-8-4-6-10-14(12)18(22)24-2/h3-10H,1-2H3/b16-15-. The molecule has 0 aliphatic carbocycles. The summed E-state index contributed by atoms with van der Waals surface area (Å²) < 4.78 is 9.51. The normalized spacial score (nSPS) is 11.5. The number of hydrogen-bond acceptors (Lipinski definition) is 4. The fourth-order valence-electron chi connectivity index (χ4n) is 2.16. The first-order valence-electron chi connectivity index (χ1n) is 6.92. The molecule has 0 aliphatic rings. The highest BCUT2D eigenvalue weighted by Crippen LogP contribution is 2.36. The van der Waals surface area contributed by atoms with Gasteiger partial charge in [-0.1, -0.05) is 59.6 Å². The predicted octanol–water partition coefficient (Wildman–Crippen LogP) is 4.56. The minimum atomic E-state index is -0.533. The number of carbonyl (C=O) groups is 2. The fraction of sp³-hybridized carbons (Fsp3) is 0.111. The van der Waals surface area contributed by atoms with Gasteiger partial charge < -0.3 is 9.47 Å². The van der Waals surface area contributed by atoms with Crippen LogP contribution in [0, 0.1) is 0 Å². The van der Waals surface area contributed by atoms with Crippen molar-refractivity contribution in [1.82, 2.24) is 0 Å². The van der Waals surface area contributed by atoms with E-state index in [0.717, 1.165) is 0 Å². The lowest BCUT2D eigenvalue weighted by Crippen LogP contribution is -2.06. The van der Waals surface area contributed by atoms with Crippen LogP contribution in [-0.2, 0) is 9.47 Å². The lowest BCUT2D eigenvalue weighted by Gasteiger charge is -2.11. The molecule has 0 bridgehead atoms. The van der Waals surface area contributed by atoms with Crippen LogP contribution in [0.2, 0.25) is 0 Å². The number of halogens is 2. The first-order chi connectivity index (χ1) is 11.5. The summed E-state index contributed by atoms with van der Waals surface area (Å²) in [4.78, 5) is 23.8. The molecule has 24 heavy (non-hydrogen) atoms. The van der Waals surface area contributed by atoms with Crippen molar-refractivity contribution in [2.45, 2.75) is 0 Å². The van der Waals surface area contributed by atoms with Crippen molar-refractivity contribution in [1.29, 1.82) is 0 Å². The molecule has 0 fully saturated rings. The van der Waals surface area contributed by atoms with Crippen molar-refractivity contribution in [3.63, 3.8) is 0 Å². The summed E-state index contributed by atoms with van der Waals surface area (Å²) in [6.07, 6.45) is 0. The minimum Gasteiger partial charge on any atom is -0.465 e. The number of carbonyl (C=O) groups excluding carboxylic acids is 2. The van der Waals surface area contributed by atoms with Crippen LogP contribution in [0.4, 0.5) is 0 Å². The highest BCUT2D eigenvalue weighted by atomic mass is 35.5. The summed E-state index contributed by atoms with van der Waals surface area (Å²) >= 11 is 12.8. The molecule has 0 saturated carbocycles. The number of esters is 2. The first kappa shape index (κ1) is 18.0. The summed E-state index contributed by atoms with van der Waals surface area (Å²) in [5, 5.41) is 0.267. The van der Waals surface area contributed by atoms with Crippen LogP contribution in [0.1, 0.15) is 31.8 Å². The van der Waals surface area contributed by atoms with Gasteiger partial charge in [0.1, 0.15) is 0 Å². The van der Waals surface area contributed by atoms with Crippen LogP contribution in [-0.4, -0.2) is 26.2 Å². The second-order valence-electron chi connectivity index (χ2n) is 4.70. The van der Waals surface area contributed by atoms with Crippen LogP contribution in [0.3, 0.4) is 0 Å². The zero-order chi connectivity index (χ0) is 17.7. The number of rotatable bonds is 4. The maximum absolute atomic E-state index is 11.9. The van der Waals surface area contributed by atoms with E-state index in [2.05, 4.69) is 0 Å². The molecule has 2 aromatic rings. The maximum Gasteiger partial charge on any atom is 0.338 e. The number of methoxy groups -OCH3 is 2. The molecule has 0 spiro atoms. The molecule has 0 saturated heterocycles. The van der Waals surface area contributed by atoms with E-state index in [1.54, 1.807) is 48.5 Å². The van der Waals surface area contributed by atoms with E-state index in [9.17, 15) is 9.59 Å². The van der Waals surface area contributed by atoms with Gasteiger partial charge in [-0.25, -0.2) is 9.59 Å². The van der Waals surface area contributed by atoms with Gasteiger partial charge in [-0.3, -0.25) is 0 Å². The van der Waals surface area contributed by atoms with E-state index in [1.807, 2.05) is 0 Å². The molecule has 0 aromatic heterocycles. The molecule has 0 N–H and O–H groups in total. The molecule has 0 aliphatic heterocycles. The van der Waals surface area contributed by atoms with E-state index >= 15 is 0 Å². The highest BCUT2D eigenvalue weighted by Gasteiger charge is 2.20. The zero-order valence-electron chi connectivity index (χ0n) is 13.0. The summed E-state index contributed by atoms with van der Waals surface area (Å²) in [6, 6.07) is 13.3. The smallest absolute Gasteiger partial charge is 0.338 e. The molecule has 0 radical (unpaired) electrons. The molecular formula is C18H14Cl2O4. The average Bonchev–Trinajstić information content (AvgIpc) is 2.65.